The van der Waals surface area contributed by atoms with Gasteiger partial charge in [-0.05, 0) is 54.6 Å². The van der Waals surface area contributed by atoms with Gasteiger partial charge in [-0.15, -0.1) is 6.58 Å². The van der Waals surface area contributed by atoms with Crippen LogP contribution in [0.15, 0.2) is 82.8 Å². The summed E-state index contributed by atoms with van der Waals surface area (Å²) in [6.45, 7) is 3.81. The number of hydrogen-bond acceptors (Lipinski definition) is 4. The molecule has 0 atom stereocenters. The molecule has 6 nitrogen and oxygen atoms in total. The summed E-state index contributed by atoms with van der Waals surface area (Å²) in [5.74, 6) is 0.117. The number of furan rings is 1. The van der Waals surface area contributed by atoms with Crippen LogP contribution in [0.4, 0.5) is 5.69 Å². The molecule has 3 aromatic rings. The molecular weight excluding hydrogens is 447 g/mol. The van der Waals surface area contributed by atoms with E-state index in [4.69, 9.17) is 27.6 Å². The van der Waals surface area contributed by atoms with Crippen molar-refractivity contribution >= 4 is 44.8 Å². The van der Waals surface area contributed by atoms with Crippen LogP contribution in [0.25, 0.3) is 0 Å². The minimum atomic E-state index is -4.09. The molecule has 0 spiro atoms. The van der Waals surface area contributed by atoms with Crippen LogP contribution >= 0.6 is 23.2 Å². The molecule has 3 rings (SSSR count). The number of anilines is 1. The third-order valence-electron chi connectivity index (χ3n) is 4.17. The molecule has 0 fully saturated rings. The number of nitrogens with one attached hydrogen (secondary N) is 1. The van der Waals surface area contributed by atoms with E-state index in [1.165, 1.54) is 30.5 Å². The fourth-order valence-electron chi connectivity index (χ4n) is 2.71. The van der Waals surface area contributed by atoms with E-state index in [9.17, 15) is 13.2 Å². The standard InChI is InChI=1S/C21H18Cl2N2O4S/c1-2-11-25(17-8-6-16(22)7-9-17)30(27,28)20-13-15(5-10-19(20)23)21(26)24-14-18-4-3-12-29-18/h2-10,12-13H,1,11,14H2,(H,24,26). The maximum Gasteiger partial charge on any atom is 0.266 e. The molecule has 0 saturated heterocycles. The monoisotopic (exact) mass is 464 g/mol. The van der Waals surface area contributed by atoms with Gasteiger partial charge in [0.2, 0.25) is 0 Å². The predicted octanol–water partition coefficient (Wildman–Crippen LogP) is 4.90. The molecular formula is C21H18Cl2N2O4S. The molecule has 30 heavy (non-hydrogen) atoms. The predicted molar refractivity (Wildman–Crippen MR) is 118 cm³/mol. The van der Waals surface area contributed by atoms with E-state index < -0.39 is 15.9 Å². The van der Waals surface area contributed by atoms with Crippen molar-refractivity contribution in [3.05, 3.63) is 94.9 Å². The second-order valence-electron chi connectivity index (χ2n) is 6.21. The Labute approximate surface area is 184 Å². The van der Waals surface area contributed by atoms with Crippen molar-refractivity contribution in [3.8, 4) is 0 Å². The number of hydrogen-bond donors (Lipinski definition) is 1. The van der Waals surface area contributed by atoms with Gasteiger partial charge in [0.1, 0.15) is 10.7 Å². The first kappa shape index (κ1) is 22.0. The van der Waals surface area contributed by atoms with Gasteiger partial charge in [-0.25, -0.2) is 8.42 Å². The zero-order chi connectivity index (χ0) is 21.7. The molecule has 0 unspecified atom stereocenters. The SMILES string of the molecule is C=CCN(c1ccc(Cl)cc1)S(=O)(=O)c1cc(C(=O)NCc2ccco2)ccc1Cl. The third-order valence-corrected chi connectivity index (χ3v) is 6.70. The molecule has 1 heterocycles. The minimum absolute atomic E-state index is 0.000565. The van der Waals surface area contributed by atoms with Crippen LogP contribution in [0.1, 0.15) is 16.1 Å². The number of amides is 1. The maximum absolute atomic E-state index is 13.4. The average Bonchev–Trinajstić information content (AvgIpc) is 3.25. The highest BCUT2D eigenvalue weighted by Gasteiger charge is 2.27. The van der Waals surface area contributed by atoms with Gasteiger partial charge in [0, 0.05) is 10.6 Å². The van der Waals surface area contributed by atoms with E-state index in [0.717, 1.165) is 4.31 Å². The van der Waals surface area contributed by atoms with E-state index in [2.05, 4.69) is 11.9 Å². The molecule has 0 bridgehead atoms. The zero-order valence-electron chi connectivity index (χ0n) is 15.7. The molecule has 0 saturated carbocycles. The average molecular weight is 465 g/mol. The summed E-state index contributed by atoms with van der Waals surface area (Å²) < 4.78 is 33.0. The van der Waals surface area contributed by atoms with Gasteiger partial charge in [0.15, 0.2) is 0 Å². The summed E-state index contributed by atoms with van der Waals surface area (Å²) in [7, 11) is -4.09. The lowest BCUT2D eigenvalue weighted by molar-refractivity contribution is 0.0948. The van der Waals surface area contributed by atoms with Gasteiger partial charge in [-0.2, -0.15) is 0 Å². The Kier molecular flexibility index (Phi) is 6.87. The van der Waals surface area contributed by atoms with Crippen molar-refractivity contribution in [3.63, 3.8) is 0 Å². The molecule has 0 aliphatic carbocycles. The Morgan fingerprint density at radius 2 is 1.87 bits per heavy atom. The molecule has 0 radical (unpaired) electrons. The molecule has 1 amide bonds. The normalized spacial score (nSPS) is 11.1. The lowest BCUT2D eigenvalue weighted by Gasteiger charge is -2.24. The first-order valence-corrected chi connectivity index (χ1v) is 11.0. The van der Waals surface area contributed by atoms with Crippen LogP contribution in [0.5, 0.6) is 0 Å². The zero-order valence-corrected chi connectivity index (χ0v) is 18.0. The largest absolute Gasteiger partial charge is 0.467 e. The fourth-order valence-corrected chi connectivity index (χ4v) is 4.78. The van der Waals surface area contributed by atoms with Gasteiger partial charge in [-0.3, -0.25) is 9.10 Å². The Balaban J connectivity index is 1.93. The van der Waals surface area contributed by atoms with Crippen LogP contribution < -0.4 is 9.62 Å². The first-order chi connectivity index (χ1) is 14.3. The van der Waals surface area contributed by atoms with Gasteiger partial charge in [0.25, 0.3) is 15.9 Å². The van der Waals surface area contributed by atoms with Gasteiger partial charge in [0.05, 0.1) is 30.1 Å². The van der Waals surface area contributed by atoms with Crippen molar-refractivity contribution in [2.75, 3.05) is 10.8 Å². The second-order valence-corrected chi connectivity index (χ2v) is 8.88. The summed E-state index contributed by atoms with van der Waals surface area (Å²) in [4.78, 5) is 12.3. The topological polar surface area (TPSA) is 79.6 Å². The van der Waals surface area contributed by atoms with E-state index in [-0.39, 0.29) is 28.6 Å². The van der Waals surface area contributed by atoms with Crippen LogP contribution in [0.3, 0.4) is 0 Å². The molecule has 1 N–H and O–H groups in total. The van der Waals surface area contributed by atoms with Gasteiger partial charge >= 0.3 is 0 Å². The maximum atomic E-state index is 13.4. The smallest absolute Gasteiger partial charge is 0.266 e. The summed E-state index contributed by atoms with van der Waals surface area (Å²) in [6, 6.07) is 13.8. The van der Waals surface area contributed by atoms with Crippen LogP contribution in [-0.2, 0) is 16.6 Å². The van der Waals surface area contributed by atoms with Crippen molar-refractivity contribution in [2.24, 2.45) is 0 Å². The van der Waals surface area contributed by atoms with E-state index in [1.807, 2.05) is 0 Å². The molecule has 9 heteroatoms. The van der Waals surface area contributed by atoms with E-state index in [0.29, 0.717) is 16.5 Å². The Morgan fingerprint density at radius 3 is 2.50 bits per heavy atom. The van der Waals surface area contributed by atoms with E-state index >= 15 is 0 Å². The van der Waals surface area contributed by atoms with Crippen LogP contribution in [-0.4, -0.2) is 20.9 Å². The van der Waals surface area contributed by atoms with Crippen molar-refractivity contribution in [1.29, 1.82) is 0 Å². The third kappa shape index (κ3) is 4.87. The lowest BCUT2D eigenvalue weighted by atomic mass is 10.2. The Morgan fingerprint density at radius 1 is 1.13 bits per heavy atom. The van der Waals surface area contributed by atoms with Crippen LogP contribution in [0, 0.1) is 0 Å². The molecule has 0 aliphatic heterocycles. The summed E-state index contributed by atoms with van der Waals surface area (Å²) >= 11 is 12.1. The lowest BCUT2D eigenvalue weighted by Crippen LogP contribution is -2.31. The molecule has 0 aliphatic rings. The minimum Gasteiger partial charge on any atom is -0.467 e. The summed E-state index contributed by atoms with van der Waals surface area (Å²) in [5.41, 5.74) is 0.544. The van der Waals surface area contributed by atoms with Crippen molar-refractivity contribution in [1.82, 2.24) is 5.32 Å². The number of benzene rings is 2. The molecule has 1 aromatic heterocycles. The Bertz CT molecular complexity index is 1140. The van der Waals surface area contributed by atoms with Gasteiger partial charge in [-0.1, -0.05) is 29.3 Å². The highest BCUT2D eigenvalue weighted by Crippen LogP contribution is 2.30. The number of sulfonamides is 1. The fraction of sp³-hybridized carbons (Fsp3) is 0.0952. The number of rotatable bonds is 8. The van der Waals surface area contributed by atoms with Crippen molar-refractivity contribution in [2.45, 2.75) is 11.4 Å². The first-order valence-electron chi connectivity index (χ1n) is 8.82. The van der Waals surface area contributed by atoms with E-state index in [1.54, 1.807) is 36.4 Å². The number of nitrogens with zero attached hydrogens (tertiary/aromatic N) is 1. The second kappa shape index (κ2) is 9.38. The summed E-state index contributed by atoms with van der Waals surface area (Å²) in [5, 5.41) is 3.15. The summed E-state index contributed by atoms with van der Waals surface area (Å²) in [6.07, 6.45) is 2.96. The molecule has 2 aromatic carbocycles. The Hall–Kier alpha value is -2.74. The quantitative estimate of drug-likeness (QED) is 0.480. The highest BCUT2D eigenvalue weighted by molar-refractivity contribution is 7.93. The van der Waals surface area contributed by atoms with Crippen molar-refractivity contribution < 1.29 is 17.6 Å². The van der Waals surface area contributed by atoms with Crippen LogP contribution in [0.2, 0.25) is 10.0 Å². The van der Waals surface area contributed by atoms with Gasteiger partial charge < -0.3 is 9.73 Å². The number of halogens is 2. The number of carbonyl (C=O) groups excluding carboxylic acids is 1. The highest BCUT2D eigenvalue weighted by atomic mass is 35.5. The molecule has 156 valence electrons. The number of carbonyl (C=O) groups is 1.